The van der Waals surface area contributed by atoms with Crippen LogP contribution in [0.15, 0.2) is 36.4 Å². The molecule has 1 aliphatic carbocycles. The molecular weight excluding hydrogens is 244 g/mol. The highest BCUT2D eigenvalue weighted by atomic mass is 15.1. The van der Waals surface area contributed by atoms with E-state index in [0.29, 0.717) is 0 Å². The molecule has 1 aliphatic rings. The maximum atomic E-state index is 2.33. The molecule has 0 aromatic heterocycles. The van der Waals surface area contributed by atoms with Crippen LogP contribution in [0.2, 0.25) is 0 Å². The third kappa shape index (κ3) is 2.26. The first-order valence-electron chi connectivity index (χ1n) is 7.13. The summed E-state index contributed by atoms with van der Waals surface area (Å²) in [5, 5.41) is 0. The van der Waals surface area contributed by atoms with E-state index in [4.69, 9.17) is 0 Å². The molecule has 0 aliphatic heterocycles. The molecular formula is C18H22N2. The van der Waals surface area contributed by atoms with Crippen molar-refractivity contribution in [1.29, 1.82) is 0 Å². The molecule has 2 aromatic carbocycles. The zero-order chi connectivity index (χ0) is 14.3. The smallest absolute Gasteiger partial charge is 0.0364 e. The zero-order valence-electron chi connectivity index (χ0n) is 12.8. The molecule has 0 atom stereocenters. The number of benzene rings is 2. The van der Waals surface area contributed by atoms with Crippen LogP contribution in [0.3, 0.4) is 0 Å². The van der Waals surface area contributed by atoms with Gasteiger partial charge in [0.1, 0.15) is 0 Å². The van der Waals surface area contributed by atoms with Crippen LogP contribution in [-0.4, -0.2) is 28.2 Å². The minimum Gasteiger partial charge on any atom is -0.378 e. The Hall–Kier alpha value is -1.96. The third-order valence-corrected chi connectivity index (χ3v) is 4.17. The van der Waals surface area contributed by atoms with Crippen molar-refractivity contribution in [2.45, 2.75) is 12.8 Å². The predicted octanol–water partition coefficient (Wildman–Crippen LogP) is 3.31. The van der Waals surface area contributed by atoms with Gasteiger partial charge >= 0.3 is 0 Å². The monoisotopic (exact) mass is 266 g/mol. The maximum Gasteiger partial charge on any atom is 0.0364 e. The van der Waals surface area contributed by atoms with Crippen molar-refractivity contribution < 1.29 is 0 Å². The van der Waals surface area contributed by atoms with E-state index in [9.17, 15) is 0 Å². The Morgan fingerprint density at radius 1 is 0.600 bits per heavy atom. The molecule has 0 saturated carbocycles. The van der Waals surface area contributed by atoms with Crippen LogP contribution < -0.4 is 9.80 Å². The standard InChI is InChI=1S/C18H22N2/c1-19(2)17-7-5-13-10-16-12-18(20(3)4)8-6-14(16)9-15(13)11-17/h5-8,11-12H,9-10H2,1-4H3. The van der Waals surface area contributed by atoms with Gasteiger partial charge < -0.3 is 9.80 Å². The molecule has 0 amide bonds. The van der Waals surface area contributed by atoms with Crippen molar-refractivity contribution in [2.24, 2.45) is 0 Å². The first-order chi connectivity index (χ1) is 9.54. The largest absolute Gasteiger partial charge is 0.378 e. The van der Waals surface area contributed by atoms with Gasteiger partial charge in [0.2, 0.25) is 0 Å². The van der Waals surface area contributed by atoms with Gasteiger partial charge in [0.05, 0.1) is 0 Å². The highest BCUT2D eigenvalue weighted by molar-refractivity contribution is 5.58. The lowest BCUT2D eigenvalue weighted by Crippen LogP contribution is -2.14. The molecule has 2 aromatic rings. The summed E-state index contributed by atoms with van der Waals surface area (Å²) in [6.45, 7) is 0. The average molecular weight is 266 g/mol. The van der Waals surface area contributed by atoms with Crippen LogP contribution in [-0.2, 0) is 12.8 Å². The predicted molar refractivity (Wildman–Crippen MR) is 87.2 cm³/mol. The molecule has 104 valence electrons. The van der Waals surface area contributed by atoms with Crippen molar-refractivity contribution in [3.05, 3.63) is 58.7 Å². The summed E-state index contributed by atoms with van der Waals surface area (Å²) in [6.07, 6.45) is 2.11. The summed E-state index contributed by atoms with van der Waals surface area (Å²) >= 11 is 0. The Kier molecular flexibility index (Phi) is 3.17. The normalized spacial score (nSPS) is 12.6. The second kappa shape index (κ2) is 4.86. The SMILES string of the molecule is CN(C)c1ccc2c(c1)Cc1ccc(N(C)C)cc1C2. The molecule has 0 N–H and O–H groups in total. The molecule has 2 heteroatoms. The van der Waals surface area contributed by atoms with E-state index in [1.807, 2.05) is 0 Å². The van der Waals surface area contributed by atoms with Gasteiger partial charge in [0.25, 0.3) is 0 Å². The summed E-state index contributed by atoms with van der Waals surface area (Å²) in [5.41, 5.74) is 8.47. The summed E-state index contributed by atoms with van der Waals surface area (Å²) in [7, 11) is 8.40. The first kappa shape index (κ1) is 13.0. The van der Waals surface area contributed by atoms with Gasteiger partial charge in [-0.15, -0.1) is 0 Å². The number of rotatable bonds is 2. The molecule has 20 heavy (non-hydrogen) atoms. The fraction of sp³-hybridized carbons (Fsp3) is 0.333. The van der Waals surface area contributed by atoms with Crippen LogP contribution in [0.25, 0.3) is 0 Å². The highest BCUT2D eigenvalue weighted by Gasteiger charge is 2.16. The van der Waals surface area contributed by atoms with Crippen molar-refractivity contribution in [3.63, 3.8) is 0 Å². The van der Waals surface area contributed by atoms with E-state index >= 15 is 0 Å². The molecule has 0 unspecified atom stereocenters. The van der Waals surface area contributed by atoms with Crippen molar-refractivity contribution in [2.75, 3.05) is 38.0 Å². The summed E-state index contributed by atoms with van der Waals surface area (Å²) < 4.78 is 0. The molecule has 0 saturated heterocycles. The van der Waals surface area contributed by atoms with Crippen LogP contribution >= 0.6 is 0 Å². The Bertz CT molecular complexity index is 584. The molecule has 0 radical (unpaired) electrons. The van der Waals surface area contributed by atoms with E-state index in [1.54, 1.807) is 0 Å². The first-order valence-corrected chi connectivity index (χ1v) is 7.13. The Morgan fingerprint density at radius 3 is 1.35 bits per heavy atom. The number of nitrogens with zero attached hydrogens (tertiary/aromatic N) is 2. The molecule has 0 spiro atoms. The van der Waals surface area contributed by atoms with E-state index in [-0.39, 0.29) is 0 Å². The van der Waals surface area contributed by atoms with E-state index in [2.05, 4.69) is 74.4 Å². The second-order valence-electron chi connectivity index (χ2n) is 6.05. The third-order valence-electron chi connectivity index (χ3n) is 4.17. The number of fused-ring (bicyclic) bond motifs is 2. The fourth-order valence-corrected chi connectivity index (χ4v) is 2.87. The topological polar surface area (TPSA) is 6.48 Å². The quantitative estimate of drug-likeness (QED) is 0.702. The Balaban J connectivity index is 1.97. The number of hydrogen-bond acceptors (Lipinski definition) is 2. The van der Waals surface area contributed by atoms with Gasteiger partial charge in [0.15, 0.2) is 0 Å². The van der Waals surface area contributed by atoms with Gasteiger partial charge in [-0.1, -0.05) is 12.1 Å². The van der Waals surface area contributed by atoms with Crippen LogP contribution in [0.4, 0.5) is 11.4 Å². The van der Waals surface area contributed by atoms with Crippen LogP contribution in [0.1, 0.15) is 22.3 Å². The lowest BCUT2D eigenvalue weighted by molar-refractivity contribution is 0.987. The van der Waals surface area contributed by atoms with Gasteiger partial charge in [-0.25, -0.2) is 0 Å². The van der Waals surface area contributed by atoms with E-state index < -0.39 is 0 Å². The Labute approximate surface area is 121 Å². The molecule has 0 fully saturated rings. The van der Waals surface area contributed by atoms with E-state index in [1.165, 1.54) is 33.6 Å². The van der Waals surface area contributed by atoms with Crippen molar-refractivity contribution in [3.8, 4) is 0 Å². The van der Waals surface area contributed by atoms with Gasteiger partial charge in [-0.2, -0.15) is 0 Å². The number of hydrogen-bond donors (Lipinski definition) is 0. The van der Waals surface area contributed by atoms with Crippen molar-refractivity contribution in [1.82, 2.24) is 0 Å². The van der Waals surface area contributed by atoms with Gasteiger partial charge in [-0.05, 0) is 59.4 Å². The molecule has 2 nitrogen and oxygen atoms in total. The minimum atomic E-state index is 1.06. The lowest BCUT2D eigenvalue weighted by Gasteiger charge is -2.24. The minimum absolute atomic E-state index is 1.06. The molecule has 0 heterocycles. The average Bonchev–Trinajstić information content (AvgIpc) is 2.43. The van der Waals surface area contributed by atoms with Crippen LogP contribution in [0.5, 0.6) is 0 Å². The maximum absolute atomic E-state index is 2.33. The summed E-state index contributed by atoms with van der Waals surface area (Å²) in [5.74, 6) is 0. The summed E-state index contributed by atoms with van der Waals surface area (Å²) in [4.78, 5) is 4.34. The molecule has 0 bridgehead atoms. The lowest BCUT2D eigenvalue weighted by atomic mass is 9.85. The summed E-state index contributed by atoms with van der Waals surface area (Å²) in [6, 6.07) is 13.7. The van der Waals surface area contributed by atoms with Gasteiger partial charge in [-0.3, -0.25) is 0 Å². The highest BCUT2D eigenvalue weighted by Crippen LogP contribution is 2.31. The van der Waals surface area contributed by atoms with Gasteiger partial charge in [0, 0.05) is 39.6 Å². The van der Waals surface area contributed by atoms with E-state index in [0.717, 1.165) is 12.8 Å². The Morgan fingerprint density at radius 2 is 1.00 bits per heavy atom. The van der Waals surface area contributed by atoms with Crippen LogP contribution in [0, 0.1) is 0 Å². The zero-order valence-corrected chi connectivity index (χ0v) is 12.8. The molecule has 3 rings (SSSR count). The van der Waals surface area contributed by atoms with Crippen molar-refractivity contribution >= 4 is 11.4 Å². The number of anilines is 2. The second-order valence-corrected chi connectivity index (χ2v) is 6.05. The fourth-order valence-electron chi connectivity index (χ4n) is 2.87.